The SMILES string of the molecule is CN(C)C(=O)N1CCN(c2ccc(C(=O)/C=C/c3ccc(/C=C/C(=O)CO)cc3)cc2)CC1. The summed E-state index contributed by atoms with van der Waals surface area (Å²) in [7, 11) is 3.52. The summed E-state index contributed by atoms with van der Waals surface area (Å²) in [5.74, 6) is -0.433. The number of nitrogens with zero attached hydrogens (tertiary/aromatic N) is 3. The second-order valence-electron chi connectivity index (χ2n) is 8.02. The monoisotopic (exact) mass is 447 g/mol. The molecule has 0 aliphatic carbocycles. The van der Waals surface area contributed by atoms with Gasteiger partial charge in [-0.1, -0.05) is 36.4 Å². The van der Waals surface area contributed by atoms with Crippen molar-refractivity contribution in [1.82, 2.24) is 9.80 Å². The van der Waals surface area contributed by atoms with Gasteiger partial charge in [-0.15, -0.1) is 0 Å². The van der Waals surface area contributed by atoms with Crippen molar-refractivity contribution in [2.45, 2.75) is 0 Å². The minimum atomic E-state index is -0.505. The van der Waals surface area contributed by atoms with Gasteiger partial charge in [0.2, 0.25) is 0 Å². The predicted molar refractivity (Wildman–Crippen MR) is 130 cm³/mol. The van der Waals surface area contributed by atoms with E-state index < -0.39 is 6.61 Å². The van der Waals surface area contributed by atoms with E-state index in [9.17, 15) is 14.4 Å². The van der Waals surface area contributed by atoms with Crippen LogP contribution in [0.3, 0.4) is 0 Å². The number of piperazine rings is 1. The molecule has 2 aromatic carbocycles. The summed E-state index contributed by atoms with van der Waals surface area (Å²) in [4.78, 5) is 41.4. The summed E-state index contributed by atoms with van der Waals surface area (Å²) in [6.07, 6.45) is 6.27. The van der Waals surface area contributed by atoms with Crippen molar-refractivity contribution in [2.75, 3.05) is 51.8 Å². The molecule has 1 aliphatic rings. The number of ketones is 2. The fourth-order valence-electron chi connectivity index (χ4n) is 3.50. The van der Waals surface area contributed by atoms with Crippen molar-refractivity contribution in [3.8, 4) is 0 Å². The molecule has 172 valence electrons. The van der Waals surface area contributed by atoms with E-state index in [0.717, 1.165) is 29.9 Å². The lowest BCUT2D eigenvalue weighted by Crippen LogP contribution is -2.51. The smallest absolute Gasteiger partial charge is 0.319 e. The van der Waals surface area contributed by atoms with Gasteiger partial charge in [0.15, 0.2) is 11.6 Å². The third-order valence-corrected chi connectivity index (χ3v) is 5.43. The Morgan fingerprint density at radius 1 is 0.848 bits per heavy atom. The van der Waals surface area contributed by atoms with Gasteiger partial charge in [-0.05, 0) is 47.5 Å². The quantitative estimate of drug-likeness (QED) is 0.521. The average molecular weight is 448 g/mol. The van der Waals surface area contributed by atoms with Crippen LogP contribution in [-0.4, -0.2) is 79.4 Å². The maximum absolute atomic E-state index is 12.5. The molecule has 3 rings (SSSR count). The Hall–Kier alpha value is -3.71. The Balaban J connectivity index is 1.55. The van der Waals surface area contributed by atoms with Crippen molar-refractivity contribution >= 4 is 35.4 Å². The summed E-state index contributed by atoms with van der Waals surface area (Å²) < 4.78 is 0. The molecule has 0 spiro atoms. The fourth-order valence-corrected chi connectivity index (χ4v) is 3.50. The van der Waals surface area contributed by atoms with E-state index in [0.29, 0.717) is 18.7 Å². The maximum Gasteiger partial charge on any atom is 0.319 e. The lowest BCUT2D eigenvalue weighted by Gasteiger charge is -2.37. The Labute approximate surface area is 194 Å². The number of aliphatic hydroxyl groups excluding tert-OH is 1. The Morgan fingerprint density at radius 3 is 1.91 bits per heavy atom. The molecular weight excluding hydrogens is 418 g/mol. The standard InChI is InChI=1S/C26H29N3O4/c1-27(2)26(33)29-17-15-28(16-18-29)23-11-9-22(10-12-23)25(32)14-8-21-5-3-20(4-6-21)7-13-24(31)19-30/h3-14,30H,15-19H2,1-2H3/b13-7+,14-8+. The largest absolute Gasteiger partial charge is 0.388 e. The third-order valence-electron chi connectivity index (χ3n) is 5.43. The van der Waals surface area contributed by atoms with Gasteiger partial charge in [0.05, 0.1) is 0 Å². The van der Waals surface area contributed by atoms with Crippen LogP contribution in [0.25, 0.3) is 12.2 Å². The summed E-state index contributed by atoms with van der Waals surface area (Å²) in [6.45, 7) is 2.35. The Bertz CT molecular complexity index is 1030. The highest BCUT2D eigenvalue weighted by Gasteiger charge is 2.22. The molecule has 2 aromatic rings. The number of aliphatic hydroxyl groups is 1. The molecule has 0 radical (unpaired) electrons. The zero-order valence-electron chi connectivity index (χ0n) is 19.0. The highest BCUT2D eigenvalue weighted by atomic mass is 16.3. The third kappa shape index (κ3) is 6.63. The summed E-state index contributed by atoms with van der Waals surface area (Å²) >= 11 is 0. The molecular formula is C26H29N3O4. The molecule has 0 bridgehead atoms. The first-order chi connectivity index (χ1) is 15.9. The average Bonchev–Trinajstić information content (AvgIpc) is 2.86. The molecule has 0 aromatic heterocycles. The van der Waals surface area contributed by atoms with E-state index in [2.05, 4.69) is 4.90 Å². The van der Waals surface area contributed by atoms with Gasteiger partial charge in [-0.25, -0.2) is 4.79 Å². The zero-order valence-corrected chi connectivity index (χ0v) is 19.0. The molecule has 1 N–H and O–H groups in total. The zero-order chi connectivity index (χ0) is 23.8. The lowest BCUT2D eigenvalue weighted by atomic mass is 10.1. The van der Waals surface area contributed by atoms with E-state index in [-0.39, 0.29) is 17.6 Å². The van der Waals surface area contributed by atoms with E-state index in [1.807, 2.05) is 53.4 Å². The molecule has 0 unspecified atom stereocenters. The van der Waals surface area contributed by atoms with Gasteiger partial charge in [-0.2, -0.15) is 0 Å². The fraction of sp³-hybridized carbons (Fsp3) is 0.269. The molecule has 0 atom stereocenters. The van der Waals surface area contributed by atoms with Crippen LogP contribution in [-0.2, 0) is 4.79 Å². The number of hydrogen-bond acceptors (Lipinski definition) is 5. The second-order valence-corrected chi connectivity index (χ2v) is 8.02. The van der Waals surface area contributed by atoms with E-state index in [4.69, 9.17) is 5.11 Å². The molecule has 33 heavy (non-hydrogen) atoms. The van der Waals surface area contributed by atoms with E-state index in [1.54, 1.807) is 37.2 Å². The van der Waals surface area contributed by atoms with Crippen LogP contribution in [0.1, 0.15) is 21.5 Å². The summed E-state index contributed by atoms with van der Waals surface area (Å²) in [5.41, 5.74) is 3.35. The number of rotatable bonds is 7. The van der Waals surface area contributed by atoms with Crippen LogP contribution in [0, 0.1) is 0 Å². The second kappa shape index (κ2) is 11.2. The maximum atomic E-state index is 12.5. The summed E-state index contributed by atoms with van der Waals surface area (Å²) in [6, 6.07) is 15.0. The highest BCUT2D eigenvalue weighted by Crippen LogP contribution is 2.18. The van der Waals surface area contributed by atoms with Gasteiger partial charge in [0, 0.05) is 51.5 Å². The predicted octanol–water partition coefficient (Wildman–Crippen LogP) is 2.96. The molecule has 1 saturated heterocycles. The van der Waals surface area contributed by atoms with Gasteiger partial charge in [-0.3, -0.25) is 9.59 Å². The van der Waals surface area contributed by atoms with Crippen molar-refractivity contribution in [2.24, 2.45) is 0 Å². The Morgan fingerprint density at radius 2 is 1.39 bits per heavy atom. The number of carbonyl (C=O) groups is 3. The highest BCUT2D eigenvalue weighted by molar-refractivity contribution is 6.07. The van der Waals surface area contributed by atoms with Crippen molar-refractivity contribution in [3.63, 3.8) is 0 Å². The van der Waals surface area contributed by atoms with Crippen LogP contribution < -0.4 is 4.90 Å². The first-order valence-electron chi connectivity index (χ1n) is 10.8. The van der Waals surface area contributed by atoms with Gasteiger partial charge < -0.3 is 19.8 Å². The molecule has 7 heteroatoms. The topological polar surface area (TPSA) is 81.2 Å². The van der Waals surface area contributed by atoms with Gasteiger partial charge >= 0.3 is 6.03 Å². The Kier molecular flexibility index (Phi) is 8.16. The summed E-state index contributed by atoms with van der Waals surface area (Å²) in [5, 5.41) is 8.74. The van der Waals surface area contributed by atoms with Gasteiger partial charge in [0.25, 0.3) is 0 Å². The van der Waals surface area contributed by atoms with Crippen molar-refractivity contribution in [1.29, 1.82) is 0 Å². The van der Waals surface area contributed by atoms with E-state index >= 15 is 0 Å². The number of allylic oxidation sites excluding steroid dienone is 1. The number of anilines is 1. The molecule has 1 heterocycles. The molecule has 0 saturated carbocycles. The van der Waals surface area contributed by atoms with Crippen LogP contribution in [0.2, 0.25) is 0 Å². The minimum Gasteiger partial charge on any atom is -0.388 e. The molecule has 1 fully saturated rings. The number of hydrogen-bond donors (Lipinski definition) is 1. The van der Waals surface area contributed by atoms with Crippen LogP contribution in [0.15, 0.2) is 60.7 Å². The lowest BCUT2D eigenvalue weighted by molar-refractivity contribution is -0.117. The first kappa shape index (κ1) is 23.9. The van der Waals surface area contributed by atoms with Crippen LogP contribution >= 0.6 is 0 Å². The molecule has 2 amide bonds. The normalized spacial score (nSPS) is 14.2. The van der Waals surface area contributed by atoms with Crippen molar-refractivity contribution in [3.05, 3.63) is 77.4 Å². The van der Waals surface area contributed by atoms with E-state index in [1.165, 1.54) is 6.08 Å². The number of amides is 2. The van der Waals surface area contributed by atoms with Gasteiger partial charge in [0.1, 0.15) is 6.61 Å². The minimum absolute atomic E-state index is 0.0327. The number of benzene rings is 2. The number of urea groups is 1. The van der Waals surface area contributed by atoms with Crippen LogP contribution in [0.5, 0.6) is 0 Å². The number of carbonyl (C=O) groups excluding carboxylic acids is 3. The molecule has 7 nitrogen and oxygen atoms in total. The van der Waals surface area contributed by atoms with Crippen LogP contribution in [0.4, 0.5) is 10.5 Å². The van der Waals surface area contributed by atoms with Crippen molar-refractivity contribution < 1.29 is 19.5 Å². The molecule has 1 aliphatic heterocycles. The first-order valence-corrected chi connectivity index (χ1v) is 10.8.